The van der Waals surface area contributed by atoms with Crippen LogP contribution in [-0.4, -0.2) is 17.6 Å². The monoisotopic (exact) mass is 248 g/mol. The van der Waals surface area contributed by atoms with Crippen LogP contribution in [0.1, 0.15) is 19.6 Å². The van der Waals surface area contributed by atoms with Gasteiger partial charge in [0, 0.05) is 0 Å². The van der Waals surface area contributed by atoms with Crippen LogP contribution in [0.3, 0.4) is 0 Å². The summed E-state index contributed by atoms with van der Waals surface area (Å²) < 4.78 is 11.3. The lowest BCUT2D eigenvalue weighted by Gasteiger charge is -2.08. The highest BCUT2D eigenvalue weighted by Crippen LogP contribution is 2.33. The summed E-state index contributed by atoms with van der Waals surface area (Å²) in [5.41, 5.74) is 6.24. The van der Waals surface area contributed by atoms with Crippen molar-refractivity contribution < 1.29 is 14.4 Å². The Morgan fingerprint density at radius 2 is 2.17 bits per heavy atom. The van der Waals surface area contributed by atoms with Crippen molar-refractivity contribution in [1.29, 1.82) is 0 Å². The van der Waals surface area contributed by atoms with E-state index in [-0.39, 0.29) is 11.6 Å². The van der Waals surface area contributed by atoms with E-state index in [4.69, 9.17) is 20.1 Å². The quantitative estimate of drug-likeness (QED) is 0.377. The number of rotatable bonds is 4. The van der Waals surface area contributed by atoms with Crippen LogP contribution in [0.4, 0.5) is 0 Å². The van der Waals surface area contributed by atoms with E-state index < -0.39 is 0 Å². The molecule has 0 unspecified atom stereocenters. The molecule has 2 aromatic rings. The van der Waals surface area contributed by atoms with Crippen LogP contribution in [0, 0.1) is 5.92 Å². The number of furan rings is 1. The molecule has 1 heterocycles. The van der Waals surface area contributed by atoms with Gasteiger partial charge in [-0.05, 0) is 18.1 Å². The van der Waals surface area contributed by atoms with Gasteiger partial charge in [-0.3, -0.25) is 0 Å². The van der Waals surface area contributed by atoms with Crippen molar-refractivity contribution in [2.75, 3.05) is 6.61 Å². The molecule has 96 valence electrons. The zero-order chi connectivity index (χ0) is 13.1. The molecule has 0 fully saturated rings. The van der Waals surface area contributed by atoms with Crippen LogP contribution >= 0.6 is 0 Å². The van der Waals surface area contributed by atoms with Crippen LogP contribution < -0.4 is 10.5 Å². The molecule has 5 nitrogen and oxygen atoms in total. The Morgan fingerprint density at radius 1 is 1.44 bits per heavy atom. The molecule has 0 bridgehead atoms. The Morgan fingerprint density at radius 3 is 2.83 bits per heavy atom. The van der Waals surface area contributed by atoms with E-state index in [0.717, 1.165) is 5.39 Å². The van der Waals surface area contributed by atoms with Crippen molar-refractivity contribution in [2.45, 2.75) is 13.8 Å². The third kappa shape index (κ3) is 2.25. The molecule has 18 heavy (non-hydrogen) atoms. The first-order chi connectivity index (χ1) is 8.63. The molecule has 0 aliphatic carbocycles. The van der Waals surface area contributed by atoms with E-state index in [2.05, 4.69) is 5.16 Å². The molecule has 0 aliphatic heterocycles. The predicted octanol–water partition coefficient (Wildman–Crippen LogP) is 2.56. The second-order valence-corrected chi connectivity index (χ2v) is 4.45. The van der Waals surface area contributed by atoms with Gasteiger partial charge >= 0.3 is 0 Å². The summed E-state index contributed by atoms with van der Waals surface area (Å²) in [4.78, 5) is 0. The summed E-state index contributed by atoms with van der Waals surface area (Å²) in [7, 11) is 0. The fraction of sp³-hybridized carbons (Fsp3) is 0.308. The number of nitrogens with two attached hydrogens (primary N) is 1. The molecule has 2 rings (SSSR count). The number of ether oxygens (including phenoxy) is 1. The molecule has 1 aromatic heterocycles. The minimum absolute atomic E-state index is 0.0926. The molecule has 5 heteroatoms. The number of benzene rings is 1. The first kappa shape index (κ1) is 12.3. The zero-order valence-corrected chi connectivity index (χ0v) is 10.4. The van der Waals surface area contributed by atoms with Gasteiger partial charge in [-0.2, -0.15) is 0 Å². The van der Waals surface area contributed by atoms with Crippen LogP contribution in [-0.2, 0) is 0 Å². The summed E-state index contributed by atoms with van der Waals surface area (Å²) in [6.07, 6.45) is 0. The van der Waals surface area contributed by atoms with Crippen molar-refractivity contribution in [3.8, 4) is 5.75 Å². The summed E-state index contributed by atoms with van der Waals surface area (Å²) in [6.45, 7) is 4.63. The third-order valence-electron chi connectivity index (χ3n) is 2.45. The number of hydrogen-bond donors (Lipinski definition) is 2. The molecule has 0 spiro atoms. The molecule has 3 N–H and O–H groups in total. The molecule has 0 saturated heterocycles. The van der Waals surface area contributed by atoms with Crippen LogP contribution in [0.2, 0.25) is 0 Å². The first-order valence-corrected chi connectivity index (χ1v) is 5.75. The average Bonchev–Trinajstić information content (AvgIpc) is 2.74. The van der Waals surface area contributed by atoms with E-state index >= 15 is 0 Å². The van der Waals surface area contributed by atoms with Crippen molar-refractivity contribution in [3.63, 3.8) is 0 Å². The van der Waals surface area contributed by atoms with Crippen molar-refractivity contribution in [2.24, 2.45) is 16.8 Å². The maximum atomic E-state index is 8.76. The standard InChI is InChI=1S/C13H16N2O3/c1-8(2)7-17-11-9-5-3-4-6-10(9)18-12(11)13(14)15-16/h3-6,8,16H,7H2,1-2H3,(H2,14,15). The number of fused-ring (bicyclic) bond motifs is 1. The number of amidine groups is 1. The Hall–Kier alpha value is -2.17. The normalized spacial score (nSPS) is 12.3. The maximum Gasteiger partial charge on any atom is 0.215 e. The van der Waals surface area contributed by atoms with Gasteiger partial charge in [-0.15, -0.1) is 0 Å². The van der Waals surface area contributed by atoms with Crippen LogP contribution in [0.5, 0.6) is 5.75 Å². The highest BCUT2D eigenvalue weighted by Gasteiger charge is 2.19. The Balaban J connectivity index is 2.51. The van der Waals surface area contributed by atoms with Gasteiger partial charge in [0.2, 0.25) is 11.6 Å². The lowest BCUT2D eigenvalue weighted by Crippen LogP contribution is -2.14. The molecule has 1 aromatic carbocycles. The first-order valence-electron chi connectivity index (χ1n) is 5.75. The summed E-state index contributed by atoms with van der Waals surface area (Å²) in [6, 6.07) is 7.43. The smallest absolute Gasteiger partial charge is 0.215 e. The molecule has 0 atom stereocenters. The Kier molecular flexibility index (Phi) is 3.41. The van der Waals surface area contributed by atoms with Crippen molar-refractivity contribution in [1.82, 2.24) is 0 Å². The topological polar surface area (TPSA) is 81.0 Å². The van der Waals surface area contributed by atoms with E-state index in [1.807, 2.05) is 38.1 Å². The number of oxime groups is 1. The Labute approximate surface area is 105 Å². The molecule has 0 amide bonds. The second kappa shape index (κ2) is 5.00. The van der Waals surface area contributed by atoms with Crippen LogP contribution in [0.15, 0.2) is 33.8 Å². The summed E-state index contributed by atoms with van der Waals surface area (Å²) in [5.74, 6) is 1.07. The second-order valence-electron chi connectivity index (χ2n) is 4.45. The van der Waals surface area contributed by atoms with Gasteiger partial charge < -0.3 is 20.1 Å². The SMILES string of the molecule is CC(C)COc1c(/C(N)=N/O)oc2ccccc12. The largest absolute Gasteiger partial charge is 0.488 e. The fourth-order valence-electron chi connectivity index (χ4n) is 1.63. The van der Waals surface area contributed by atoms with E-state index in [1.165, 1.54) is 0 Å². The summed E-state index contributed by atoms with van der Waals surface area (Å²) in [5, 5.41) is 12.5. The average molecular weight is 248 g/mol. The van der Waals surface area contributed by atoms with Crippen molar-refractivity contribution in [3.05, 3.63) is 30.0 Å². The minimum Gasteiger partial charge on any atom is -0.488 e. The van der Waals surface area contributed by atoms with Gasteiger partial charge in [-0.25, -0.2) is 0 Å². The number of hydrogen-bond acceptors (Lipinski definition) is 4. The third-order valence-corrected chi connectivity index (χ3v) is 2.45. The van der Waals surface area contributed by atoms with Gasteiger partial charge in [0.15, 0.2) is 5.75 Å². The van der Waals surface area contributed by atoms with E-state index in [0.29, 0.717) is 23.9 Å². The Bertz CT molecular complexity index is 573. The van der Waals surface area contributed by atoms with E-state index in [9.17, 15) is 0 Å². The predicted molar refractivity (Wildman–Crippen MR) is 69.1 cm³/mol. The maximum absolute atomic E-state index is 8.76. The zero-order valence-electron chi connectivity index (χ0n) is 10.4. The number of para-hydroxylation sites is 1. The van der Waals surface area contributed by atoms with Crippen LogP contribution in [0.25, 0.3) is 11.0 Å². The minimum atomic E-state index is -0.0926. The molecule has 0 saturated carbocycles. The van der Waals surface area contributed by atoms with Gasteiger partial charge in [-0.1, -0.05) is 31.1 Å². The molecule has 0 aliphatic rings. The van der Waals surface area contributed by atoms with Gasteiger partial charge in [0.05, 0.1) is 12.0 Å². The van der Waals surface area contributed by atoms with E-state index in [1.54, 1.807) is 0 Å². The fourth-order valence-corrected chi connectivity index (χ4v) is 1.63. The molecule has 0 radical (unpaired) electrons. The molecular formula is C13H16N2O3. The van der Waals surface area contributed by atoms with Crippen molar-refractivity contribution >= 4 is 16.8 Å². The highest BCUT2D eigenvalue weighted by molar-refractivity contribution is 6.03. The lowest BCUT2D eigenvalue weighted by atomic mass is 10.2. The number of nitrogens with zero attached hydrogens (tertiary/aromatic N) is 1. The highest BCUT2D eigenvalue weighted by atomic mass is 16.5. The summed E-state index contributed by atoms with van der Waals surface area (Å²) >= 11 is 0. The lowest BCUT2D eigenvalue weighted by molar-refractivity contribution is 0.269. The van der Waals surface area contributed by atoms with Gasteiger partial charge in [0.25, 0.3) is 0 Å². The molecular weight excluding hydrogens is 232 g/mol. The van der Waals surface area contributed by atoms with Gasteiger partial charge in [0.1, 0.15) is 5.58 Å².